The van der Waals surface area contributed by atoms with Gasteiger partial charge in [0.15, 0.2) is 5.96 Å². The SMILES string of the molecule is C=C(C)CNC(N)=NCc1nc(C)sc1C.I. The lowest BCUT2D eigenvalue weighted by molar-refractivity contribution is 0.920. The van der Waals surface area contributed by atoms with E-state index in [2.05, 4.69) is 21.9 Å². The molecule has 1 aromatic heterocycles. The van der Waals surface area contributed by atoms with Gasteiger partial charge in [0.2, 0.25) is 0 Å². The average molecular weight is 366 g/mol. The van der Waals surface area contributed by atoms with Crippen LogP contribution in [0.1, 0.15) is 22.5 Å². The number of hydrogen-bond donors (Lipinski definition) is 2. The van der Waals surface area contributed by atoms with Crippen molar-refractivity contribution >= 4 is 41.3 Å². The second kappa shape index (κ2) is 7.65. The molecule has 0 saturated heterocycles. The number of rotatable bonds is 4. The van der Waals surface area contributed by atoms with E-state index in [1.54, 1.807) is 11.3 Å². The molecular weight excluding hydrogens is 347 g/mol. The van der Waals surface area contributed by atoms with E-state index in [-0.39, 0.29) is 24.0 Å². The first-order chi connectivity index (χ1) is 7.49. The minimum absolute atomic E-state index is 0. The molecule has 1 rings (SSSR count). The molecule has 0 amide bonds. The fraction of sp³-hybridized carbons (Fsp3) is 0.455. The third kappa shape index (κ3) is 6.02. The van der Waals surface area contributed by atoms with Crippen LogP contribution in [0, 0.1) is 13.8 Å². The summed E-state index contributed by atoms with van der Waals surface area (Å²) in [5.74, 6) is 0.438. The molecule has 17 heavy (non-hydrogen) atoms. The molecule has 0 radical (unpaired) electrons. The third-order valence-corrected chi connectivity index (χ3v) is 2.90. The van der Waals surface area contributed by atoms with Gasteiger partial charge in [-0.3, -0.25) is 0 Å². The normalized spacial score (nSPS) is 10.9. The first-order valence-electron chi connectivity index (χ1n) is 5.10. The summed E-state index contributed by atoms with van der Waals surface area (Å²) in [6, 6.07) is 0. The largest absolute Gasteiger partial charge is 0.370 e. The number of nitrogens with one attached hydrogen (secondary N) is 1. The maximum absolute atomic E-state index is 5.70. The van der Waals surface area contributed by atoms with Crippen molar-refractivity contribution in [3.8, 4) is 0 Å². The zero-order chi connectivity index (χ0) is 12.1. The number of aryl methyl sites for hydroxylation is 2. The van der Waals surface area contributed by atoms with E-state index in [9.17, 15) is 0 Å². The first-order valence-corrected chi connectivity index (χ1v) is 5.91. The molecule has 0 aliphatic carbocycles. The van der Waals surface area contributed by atoms with Gasteiger partial charge in [-0.2, -0.15) is 0 Å². The van der Waals surface area contributed by atoms with E-state index in [0.29, 0.717) is 19.0 Å². The highest BCUT2D eigenvalue weighted by molar-refractivity contribution is 14.0. The van der Waals surface area contributed by atoms with Crippen molar-refractivity contribution in [1.29, 1.82) is 0 Å². The fourth-order valence-electron chi connectivity index (χ4n) is 1.18. The quantitative estimate of drug-likeness (QED) is 0.372. The van der Waals surface area contributed by atoms with Crippen LogP contribution in [-0.2, 0) is 6.54 Å². The molecule has 4 nitrogen and oxygen atoms in total. The molecule has 0 atom stereocenters. The summed E-state index contributed by atoms with van der Waals surface area (Å²) in [5, 5.41) is 4.05. The van der Waals surface area contributed by atoms with Crippen molar-refractivity contribution in [2.45, 2.75) is 27.3 Å². The molecule has 0 spiro atoms. The Hall–Kier alpha value is -0.630. The van der Waals surface area contributed by atoms with Crippen molar-refractivity contribution in [2.24, 2.45) is 10.7 Å². The van der Waals surface area contributed by atoms with Crippen LogP contribution in [0.4, 0.5) is 0 Å². The molecule has 0 aromatic carbocycles. The third-order valence-electron chi connectivity index (χ3n) is 1.97. The van der Waals surface area contributed by atoms with Gasteiger partial charge in [-0.05, 0) is 20.8 Å². The number of guanidine groups is 1. The van der Waals surface area contributed by atoms with Crippen LogP contribution in [0.3, 0.4) is 0 Å². The Morgan fingerprint density at radius 2 is 2.18 bits per heavy atom. The summed E-state index contributed by atoms with van der Waals surface area (Å²) < 4.78 is 0. The molecule has 0 aliphatic heterocycles. The van der Waals surface area contributed by atoms with E-state index in [1.807, 2.05) is 20.8 Å². The van der Waals surface area contributed by atoms with Crippen LogP contribution >= 0.6 is 35.3 Å². The van der Waals surface area contributed by atoms with Crippen LogP contribution in [0.5, 0.6) is 0 Å². The van der Waals surface area contributed by atoms with Crippen molar-refractivity contribution in [1.82, 2.24) is 10.3 Å². The number of aliphatic imine (C=N–C) groups is 1. The molecule has 96 valence electrons. The summed E-state index contributed by atoms with van der Waals surface area (Å²) in [5.41, 5.74) is 7.73. The Bertz CT molecular complexity index is 412. The number of hydrogen-bond acceptors (Lipinski definition) is 3. The predicted octanol–water partition coefficient (Wildman–Crippen LogP) is 2.36. The summed E-state index contributed by atoms with van der Waals surface area (Å²) in [4.78, 5) is 9.82. The van der Waals surface area contributed by atoms with Crippen LogP contribution < -0.4 is 11.1 Å². The van der Waals surface area contributed by atoms with E-state index in [1.165, 1.54) is 4.88 Å². The van der Waals surface area contributed by atoms with Gasteiger partial charge < -0.3 is 11.1 Å². The van der Waals surface area contributed by atoms with Crippen LogP contribution in [0.15, 0.2) is 17.1 Å². The first kappa shape index (κ1) is 16.4. The van der Waals surface area contributed by atoms with Crippen LogP contribution in [-0.4, -0.2) is 17.5 Å². The smallest absolute Gasteiger partial charge is 0.189 e. The van der Waals surface area contributed by atoms with Gasteiger partial charge >= 0.3 is 0 Å². The number of nitrogens with two attached hydrogens (primary N) is 1. The molecular formula is C11H19IN4S. The average Bonchev–Trinajstić information content (AvgIpc) is 2.51. The topological polar surface area (TPSA) is 63.3 Å². The standard InChI is InChI=1S/C11H18N4S.HI/c1-7(2)5-13-11(12)14-6-10-8(3)16-9(4)15-10;/h1,5-6H2,2-4H3,(H3,12,13,14);1H. The maximum Gasteiger partial charge on any atom is 0.189 e. The summed E-state index contributed by atoms with van der Waals surface area (Å²) in [6.07, 6.45) is 0. The number of nitrogens with zero attached hydrogens (tertiary/aromatic N) is 2. The molecule has 3 N–H and O–H groups in total. The zero-order valence-electron chi connectivity index (χ0n) is 10.4. The highest BCUT2D eigenvalue weighted by atomic mass is 127. The van der Waals surface area contributed by atoms with Crippen LogP contribution in [0.25, 0.3) is 0 Å². The van der Waals surface area contributed by atoms with Crippen LogP contribution in [0.2, 0.25) is 0 Å². The number of aromatic nitrogens is 1. The highest BCUT2D eigenvalue weighted by Gasteiger charge is 2.03. The monoisotopic (exact) mass is 366 g/mol. The number of halogens is 1. The molecule has 0 aliphatic rings. The van der Waals surface area contributed by atoms with E-state index in [4.69, 9.17) is 5.73 Å². The zero-order valence-corrected chi connectivity index (χ0v) is 13.6. The Kier molecular flexibility index (Phi) is 7.37. The van der Waals surface area contributed by atoms with Crippen molar-refractivity contribution in [3.63, 3.8) is 0 Å². The molecule has 1 heterocycles. The van der Waals surface area contributed by atoms with Gasteiger partial charge in [0, 0.05) is 11.4 Å². The Balaban J connectivity index is 0.00000256. The second-order valence-electron chi connectivity index (χ2n) is 3.75. The van der Waals surface area contributed by atoms with Gasteiger partial charge in [-0.25, -0.2) is 9.98 Å². The lowest BCUT2D eigenvalue weighted by Crippen LogP contribution is -2.32. The minimum atomic E-state index is 0. The van der Waals surface area contributed by atoms with E-state index in [0.717, 1.165) is 16.3 Å². The molecule has 0 unspecified atom stereocenters. The van der Waals surface area contributed by atoms with Crippen molar-refractivity contribution < 1.29 is 0 Å². The molecule has 0 bridgehead atoms. The van der Waals surface area contributed by atoms with Gasteiger partial charge in [0.05, 0.1) is 17.2 Å². The Morgan fingerprint density at radius 3 is 2.65 bits per heavy atom. The Labute approximate surface area is 123 Å². The second-order valence-corrected chi connectivity index (χ2v) is 5.16. The Morgan fingerprint density at radius 1 is 1.53 bits per heavy atom. The van der Waals surface area contributed by atoms with Gasteiger partial charge in [-0.1, -0.05) is 12.2 Å². The molecule has 6 heteroatoms. The van der Waals surface area contributed by atoms with E-state index < -0.39 is 0 Å². The maximum atomic E-state index is 5.70. The van der Waals surface area contributed by atoms with Crippen molar-refractivity contribution in [3.05, 3.63) is 27.7 Å². The molecule has 1 aromatic rings. The highest BCUT2D eigenvalue weighted by Crippen LogP contribution is 2.16. The van der Waals surface area contributed by atoms with E-state index >= 15 is 0 Å². The summed E-state index contributed by atoms with van der Waals surface area (Å²) in [7, 11) is 0. The van der Waals surface area contributed by atoms with Gasteiger partial charge in [-0.15, -0.1) is 35.3 Å². The van der Waals surface area contributed by atoms with Crippen molar-refractivity contribution in [2.75, 3.05) is 6.54 Å². The molecule has 0 fully saturated rings. The predicted molar refractivity (Wildman–Crippen MR) is 85.1 cm³/mol. The lowest BCUT2D eigenvalue weighted by Gasteiger charge is -2.04. The molecule has 0 saturated carbocycles. The summed E-state index contributed by atoms with van der Waals surface area (Å²) in [6.45, 7) is 11.0. The number of thiazole rings is 1. The summed E-state index contributed by atoms with van der Waals surface area (Å²) >= 11 is 1.68. The van der Waals surface area contributed by atoms with Gasteiger partial charge in [0.25, 0.3) is 0 Å². The lowest BCUT2D eigenvalue weighted by atomic mass is 10.3. The van der Waals surface area contributed by atoms with Gasteiger partial charge in [0.1, 0.15) is 0 Å². The minimum Gasteiger partial charge on any atom is -0.370 e. The fourth-order valence-corrected chi connectivity index (χ4v) is 2.00.